The molecule has 0 aromatic heterocycles. The Balaban J connectivity index is 1.77. The van der Waals surface area contributed by atoms with E-state index in [4.69, 9.17) is 4.74 Å². The number of ether oxygens (including phenoxy) is 1. The van der Waals surface area contributed by atoms with Gasteiger partial charge in [-0.15, -0.1) is 0 Å². The zero-order chi connectivity index (χ0) is 13.5. The van der Waals surface area contributed by atoms with Crippen molar-refractivity contribution in [2.75, 3.05) is 14.2 Å². The third kappa shape index (κ3) is 4.54. The predicted molar refractivity (Wildman–Crippen MR) is 80.7 cm³/mol. The number of nitrogens with one attached hydrogen (secondary N) is 1. The van der Waals surface area contributed by atoms with Crippen LogP contribution >= 0.6 is 0 Å². The van der Waals surface area contributed by atoms with Gasteiger partial charge in [0, 0.05) is 6.04 Å². The molecule has 1 aliphatic carbocycles. The zero-order valence-electron chi connectivity index (χ0n) is 12.3. The second-order valence-corrected chi connectivity index (χ2v) is 5.76. The molecule has 0 bridgehead atoms. The number of hydrogen-bond acceptors (Lipinski definition) is 2. The van der Waals surface area contributed by atoms with Crippen LogP contribution in [0.25, 0.3) is 0 Å². The normalized spacial score (nSPS) is 17.6. The van der Waals surface area contributed by atoms with E-state index in [1.807, 2.05) is 0 Å². The molecule has 0 spiro atoms. The van der Waals surface area contributed by atoms with Gasteiger partial charge >= 0.3 is 0 Å². The van der Waals surface area contributed by atoms with Crippen LogP contribution in [0.2, 0.25) is 0 Å². The second kappa shape index (κ2) is 7.54. The van der Waals surface area contributed by atoms with Gasteiger partial charge in [0.15, 0.2) is 0 Å². The maximum atomic E-state index is 5.19. The Labute approximate surface area is 117 Å². The molecule has 1 N–H and O–H groups in total. The van der Waals surface area contributed by atoms with Gasteiger partial charge in [0.05, 0.1) is 7.11 Å². The molecule has 1 unspecified atom stereocenters. The van der Waals surface area contributed by atoms with Crippen LogP contribution < -0.4 is 10.1 Å². The summed E-state index contributed by atoms with van der Waals surface area (Å²) in [4.78, 5) is 0. The maximum Gasteiger partial charge on any atom is 0.118 e. The molecule has 1 atom stereocenters. The minimum Gasteiger partial charge on any atom is -0.497 e. The monoisotopic (exact) mass is 261 g/mol. The Morgan fingerprint density at radius 2 is 1.89 bits per heavy atom. The van der Waals surface area contributed by atoms with Crippen LogP contribution in [0.4, 0.5) is 0 Å². The first-order chi connectivity index (χ1) is 9.31. The average Bonchev–Trinajstić information content (AvgIpc) is 2.97. The predicted octanol–water partition coefficient (Wildman–Crippen LogP) is 3.80. The summed E-state index contributed by atoms with van der Waals surface area (Å²) < 4.78 is 5.19. The largest absolute Gasteiger partial charge is 0.497 e. The summed E-state index contributed by atoms with van der Waals surface area (Å²) >= 11 is 0. The summed E-state index contributed by atoms with van der Waals surface area (Å²) in [5.74, 6) is 1.91. The second-order valence-electron chi connectivity index (χ2n) is 5.76. The van der Waals surface area contributed by atoms with Crippen LogP contribution in [0.1, 0.15) is 44.1 Å². The molecule has 1 saturated carbocycles. The molecule has 0 saturated heterocycles. The lowest BCUT2D eigenvalue weighted by Gasteiger charge is -2.20. The van der Waals surface area contributed by atoms with Crippen molar-refractivity contribution in [3.63, 3.8) is 0 Å². The van der Waals surface area contributed by atoms with Gasteiger partial charge in [-0.05, 0) is 49.9 Å². The molecule has 2 heteroatoms. The number of benzene rings is 1. The standard InChI is InChI=1S/C17H27NO/c1-18-16(13-15-5-3-4-6-15)10-7-14-8-11-17(19-2)12-9-14/h8-9,11-12,15-16,18H,3-7,10,13H2,1-2H3. The number of rotatable bonds is 7. The minimum absolute atomic E-state index is 0.671. The summed E-state index contributed by atoms with van der Waals surface area (Å²) in [6, 6.07) is 9.15. The molecule has 106 valence electrons. The first-order valence-electron chi connectivity index (χ1n) is 7.62. The molecular weight excluding hydrogens is 234 g/mol. The van der Waals surface area contributed by atoms with Crippen LogP contribution in [0.3, 0.4) is 0 Å². The van der Waals surface area contributed by atoms with Crippen LogP contribution in [0.15, 0.2) is 24.3 Å². The van der Waals surface area contributed by atoms with Crippen molar-refractivity contribution in [3.8, 4) is 5.75 Å². The van der Waals surface area contributed by atoms with Crippen molar-refractivity contribution in [1.82, 2.24) is 5.32 Å². The maximum absolute atomic E-state index is 5.19. The van der Waals surface area contributed by atoms with E-state index >= 15 is 0 Å². The summed E-state index contributed by atoms with van der Waals surface area (Å²) in [7, 11) is 3.82. The Hall–Kier alpha value is -1.02. The summed E-state index contributed by atoms with van der Waals surface area (Å²) in [6.45, 7) is 0. The third-order valence-electron chi connectivity index (χ3n) is 4.44. The van der Waals surface area contributed by atoms with Crippen molar-refractivity contribution < 1.29 is 4.74 Å². The lowest BCUT2D eigenvalue weighted by molar-refractivity contribution is 0.388. The number of methoxy groups -OCH3 is 1. The molecule has 0 radical (unpaired) electrons. The lowest BCUT2D eigenvalue weighted by atomic mass is 9.94. The fourth-order valence-corrected chi connectivity index (χ4v) is 3.16. The van der Waals surface area contributed by atoms with E-state index < -0.39 is 0 Å². The van der Waals surface area contributed by atoms with Crippen molar-refractivity contribution >= 4 is 0 Å². The fraction of sp³-hybridized carbons (Fsp3) is 0.647. The lowest BCUT2D eigenvalue weighted by Crippen LogP contribution is -2.28. The highest BCUT2D eigenvalue weighted by atomic mass is 16.5. The van der Waals surface area contributed by atoms with Gasteiger partial charge in [0.2, 0.25) is 0 Å². The number of aryl methyl sites for hydroxylation is 1. The van der Waals surface area contributed by atoms with Gasteiger partial charge in [0.1, 0.15) is 5.75 Å². The van der Waals surface area contributed by atoms with E-state index in [1.165, 1.54) is 44.1 Å². The molecule has 1 aliphatic rings. The fourth-order valence-electron chi connectivity index (χ4n) is 3.16. The summed E-state index contributed by atoms with van der Waals surface area (Å²) in [6.07, 6.45) is 9.52. The van der Waals surface area contributed by atoms with Crippen LogP contribution in [0, 0.1) is 5.92 Å². The van der Waals surface area contributed by atoms with Crippen LogP contribution in [-0.2, 0) is 6.42 Å². The summed E-state index contributed by atoms with van der Waals surface area (Å²) in [5.41, 5.74) is 1.41. The highest BCUT2D eigenvalue weighted by Crippen LogP contribution is 2.29. The molecule has 2 nitrogen and oxygen atoms in total. The summed E-state index contributed by atoms with van der Waals surface area (Å²) in [5, 5.41) is 3.50. The number of hydrogen-bond donors (Lipinski definition) is 1. The van der Waals surface area contributed by atoms with E-state index in [-0.39, 0.29) is 0 Å². The van der Waals surface area contributed by atoms with E-state index in [0.717, 1.165) is 18.1 Å². The quantitative estimate of drug-likeness (QED) is 0.806. The van der Waals surface area contributed by atoms with Gasteiger partial charge in [-0.2, -0.15) is 0 Å². The zero-order valence-corrected chi connectivity index (χ0v) is 12.3. The topological polar surface area (TPSA) is 21.3 Å². The van der Waals surface area contributed by atoms with Crippen molar-refractivity contribution in [2.45, 2.75) is 51.0 Å². The van der Waals surface area contributed by atoms with Gasteiger partial charge in [0.25, 0.3) is 0 Å². The van der Waals surface area contributed by atoms with Gasteiger partial charge in [-0.25, -0.2) is 0 Å². The first kappa shape index (κ1) is 14.4. The van der Waals surface area contributed by atoms with Gasteiger partial charge < -0.3 is 10.1 Å². The highest BCUT2D eigenvalue weighted by Gasteiger charge is 2.19. The van der Waals surface area contributed by atoms with Crippen LogP contribution in [-0.4, -0.2) is 20.2 Å². The molecule has 19 heavy (non-hydrogen) atoms. The van der Waals surface area contributed by atoms with Crippen LogP contribution in [0.5, 0.6) is 5.75 Å². The van der Waals surface area contributed by atoms with Crippen molar-refractivity contribution in [3.05, 3.63) is 29.8 Å². The molecule has 0 amide bonds. The van der Waals surface area contributed by atoms with E-state index in [2.05, 4.69) is 36.6 Å². The SMILES string of the molecule is CNC(CCc1ccc(OC)cc1)CC1CCCC1. The van der Waals surface area contributed by atoms with E-state index in [1.54, 1.807) is 7.11 Å². The average molecular weight is 261 g/mol. The third-order valence-corrected chi connectivity index (χ3v) is 4.44. The Kier molecular flexibility index (Phi) is 5.71. The minimum atomic E-state index is 0.671. The molecule has 0 aliphatic heterocycles. The Morgan fingerprint density at radius 3 is 2.47 bits per heavy atom. The van der Waals surface area contributed by atoms with Gasteiger partial charge in [-0.1, -0.05) is 37.8 Å². The Bertz CT molecular complexity index is 354. The van der Waals surface area contributed by atoms with Gasteiger partial charge in [-0.3, -0.25) is 0 Å². The van der Waals surface area contributed by atoms with E-state index in [0.29, 0.717) is 6.04 Å². The molecule has 1 fully saturated rings. The molecule has 1 aromatic carbocycles. The molecule has 1 aromatic rings. The van der Waals surface area contributed by atoms with Crippen molar-refractivity contribution in [2.24, 2.45) is 5.92 Å². The molecule has 0 heterocycles. The Morgan fingerprint density at radius 1 is 1.21 bits per heavy atom. The first-order valence-corrected chi connectivity index (χ1v) is 7.62. The highest BCUT2D eigenvalue weighted by molar-refractivity contribution is 5.27. The van der Waals surface area contributed by atoms with Crippen molar-refractivity contribution in [1.29, 1.82) is 0 Å². The van der Waals surface area contributed by atoms with E-state index in [9.17, 15) is 0 Å². The smallest absolute Gasteiger partial charge is 0.118 e. The molecule has 2 rings (SSSR count). The molecular formula is C17H27NO.